The van der Waals surface area contributed by atoms with Gasteiger partial charge in [-0.3, -0.25) is 0 Å². The molecule has 0 fully saturated rings. The summed E-state index contributed by atoms with van der Waals surface area (Å²) in [6.45, 7) is 4.01. The Kier molecular flexibility index (Phi) is 3.56. The van der Waals surface area contributed by atoms with Crippen molar-refractivity contribution < 1.29 is 18.9 Å². The first kappa shape index (κ1) is 9.62. The van der Waals surface area contributed by atoms with E-state index in [1.807, 2.05) is 26.0 Å². The van der Waals surface area contributed by atoms with Gasteiger partial charge in [0.05, 0.1) is 0 Å². The maximum absolute atomic E-state index is 7.28. The van der Waals surface area contributed by atoms with Crippen LogP contribution in [0.3, 0.4) is 0 Å². The molecule has 0 atom stereocenters. The Morgan fingerprint density at radius 1 is 1.00 bits per heavy atom. The van der Waals surface area contributed by atoms with E-state index in [0.29, 0.717) is 5.69 Å². The van der Waals surface area contributed by atoms with Crippen LogP contribution in [0, 0.1) is 13.8 Å². The minimum Gasteiger partial charge on any atom is -0.699 e. The minimum absolute atomic E-state index is 0. The van der Waals surface area contributed by atoms with Crippen LogP contribution >= 0.6 is 0 Å². The molecule has 0 aliphatic rings. The van der Waals surface area contributed by atoms with Crippen LogP contribution in [0.25, 0.3) is 5.73 Å². The fraction of sp³-hybridized carbons (Fsp3) is 0.250. The zero-order valence-corrected chi connectivity index (χ0v) is 6.73. The van der Waals surface area contributed by atoms with Crippen LogP contribution in [-0.2, 0) is 0 Å². The third-order valence-electron chi connectivity index (χ3n) is 1.22. The van der Waals surface area contributed by atoms with Gasteiger partial charge in [0.1, 0.15) is 0 Å². The second-order valence-corrected chi connectivity index (χ2v) is 2.38. The van der Waals surface area contributed by atoms with Crippen molar-refractivity contribution in [2.24, 2.45) is 0 Å². The molecule has 0 saturated heterocycles. The molecule has 1 rings (SSSR count). The van der Waals surface area contributed by atoms with E-state index in [2.05, 4.69) is 6.07 Å². The standard InChI is InChI=1S/C8H10N.Li/c1-6-3-7(2)5-8(9)4-6;/h3-5,9H,1-2H3;/q-1;+1. The maximum atomic E-state index is 7.28. The van der Waals surface area contributed by atoms with Gasteiger partial charge in [-0.25, -0.2) is 0 Å². The van der Waals surface area contributed by atoms with Crippen molar-refractivity contribution in [3.05, 3.63) is 35.1 Å². The molecule has 10 heavy (non-hydrogen) atoms. The second-order valence-electron chi connectivity index (χ2n) is 2.38. The van der Waals surface area contributed by atoms with E-state index in [1.54, 1.807) is 0 Å². The van der Waals surface area contributed by atoms with E-state index in [4.69, 9.17) is 5.73 Å². The largest absolute Gasteiger partial charge is 1.00 e. The molecule has 1 N–H and O–H groups in total. The molecule has 0 unspecified atom stereocenters. The van der Waals surface area contributed by atoms with Crippen LogP contribution < -0.4 is 18.9 Å². The summed E-state index contributed by atoms with van der Waals surface area (Å²) < 4.78 is 0. The first-order valence-electron chi connectivity index (χ1n) is 2.98. The van der Waals surface area contributed by atoms with Crippen LogP contribution in [-0.4, -0.2) is 0 Å². The quantitative estimate of drug-likeness (QED) is 0.438. The molecule has 0 amide bonds. The van der Waals surface area contributed by atoms with Gasteiger partial charge in [-0.15, -0.1) is 5.69 Å². The number of aryl methyl sites for hydroxylation is 2. The van der Waals surface area contributed by atoms with Gasteiger partial charge in [-0.1, -0.05) is 29.3 Å². The molecule has 0 bridgehead atoms. The predicted octanol–water partition coefficient (Wildman–Crippen LogP) is -0.00886. The molecule has 0 radical (unpaired) electrons. The molecule has 1 aromatic carbocycles. The number of hydrogen-bond acceptors (Lipinski definition) is 0. The zero-order valence-electron chi connectivity index (χ0n) is 6.73. The van der Waals surface area contributed by atoms with Crippen LogP contribution in [0.4, 0.5) is 5.69 Å². The summed E-state index contributed by atoms with van der Waals surface area (Å²) in [5.41, 5.74) is 10.2. The van der Waals surface area contributed by atoms with Crippen LogP contribution in [0.1, 0.15) is 11.1 Å². The molecule has 0 saturated carbocycles. The van der Waals surface area contributed by atoms with Gasteiger partial charge in [0.2, 0.25) is 0 Å². The van der Waals surface area contributed by atoms with E-state index in [-0.39, 0.29) is 18.9 Å². The normalized spacial score (nSPS) is 8.60. The van der Waals surface area contributed by atoms with Crippen molar-refractivity contribution in [3.8, 4) is 0 Å². The molecule has 2 heteroatoms. The summed E-state index contributed by atoms with van der Waals surface area (Å²) >= 11 is 0. The summed E-state index contributed by atoms with van der Waals surface area (Å²) in [5, 5.41) is 0. The summed E-state index contributed by atoms with van der Waals surface area (Å²) in [6.07, 6.45) is 0. The Hall–Kier alpha value is -0.383. The van der Waals surface area contributed by atoms with Crippen molar-refractivity contribution in [2.45, 2.75) is 13.8 Å². The van der Waals surface area contributed by atoms with Crippen LogP contribution in [0.15, 0.2) is 18.2 Å². The third-order valence-corrected chi connectivity index (χ3v) is 1.22. The van der Waals surface area contributed by atoms with E-state index in [0.717, 1.165) is 0 Å². The Morgan fingerprint density at radius 2 is 1.40 bits per heavy atom. The average Bonchev–Trinajstić information content (AvgIpc) is 1.59. The number of hydrogen-bond donors (Lipinski definition) is 0. The van der Waals surface area contributed by atoms with Gasteiger partial charge < -0.3 is 5.73 Å². The monoisotopic (exact) mass is 127 g/mol. The summed E-state index contributed by atoms with van der Waals surface area (Å²) in [7, 11) is 0. The van der Waals surface area contributed by atoms with E-state index >= 15 is 0 Å². The van der Waals surface area contributed by atoms with Gasteiger partial charge in [-0.05, 0) is 13.8 Å². The summed E-state index contributed by atoms with van der Waals surface area (Å²) in [6, 6.07) is 5.78. The van der Waals surface area contributed by atoms with Gasteiger partial charge in [0.25, 0.3) is 0 Å². The SMILES string of the molecule is Cc1cc(C)cc([NH-])c1.[Li+]. The van der Waals surface area contributed by atoms with Crippen molar-refractivity contribution >= 4 is 5.69 Å². The molecule has 0 heterocycles. The molecule has 1 aromatic rings. The van der Waals surface area contributed by atoms with Crippen molar-refractivity contribution in [1.29, 1.82) is 0 Å². The molecule has 0 aliphatic carbocycles. The summed E-state index contributed by atoms with van der Waals surface area (Å²) in [5.74, 6) is 0. The molecular formula is C8H10LiN. The fourth-order valence-electron chi connectivity index (χ4n) is 0.975. The first-order chi connectivity index (χ1) is 4.18. The van der Waals surface area contributed by atoms with E-state index in [1.165, 1.54) is 11.1 Å². The van der Waals surface area contributed by atoms with Gasteiger partial charge >= 0.3 is 18.9 Å². The first-order valence-corrected chi connectivity index (χ1v) is 2.98. The van der Waals surface area contributed by atoms with E-state index in [9.17, 15) is 0 Å². The maximum Gasteiger partial charge on any atom is 1.00 e. The average molecular weight is 127 g/mol. The minimum atomic E-state index is 0. The number of rotatable bonds is 0. The smallest absolute Gasteiger partial charge is 0.699 e. The van der Waals surface area contributed by atoms with Gasteiger partial charge in [0, 0.05) is 0 Å². The molecule has 0 aromatic heterocycles. The second kappa shape index (κ2) is 3.70. The molecular weight excluding hydrogens is 117 g/mol. The van der Waals surface area contributed by atoms with Crippen molar-refractivity contribution in [1.82, 2.24) is 0 Å². The van der Waals surface area contributed by atoms with Crippen LogP contribution in [0.5, 0.6) is 0 Å². The Bertz CT molecular complexity index is 170. The van der Waals surface area contributed by atoms with Crippen LogP contribution in [0.2, 0.25) is 0 Å². The number of benzene rings is 1. The molecule has 1 nitrogen and oxygen atoms in total. The van der Waals surface area contributed by atoms with Crippen molar-refractivity contribution in [2.75, 3.05) is 0 Å². The zero-order chi connectivity index (χ0) is 6.85. The van der Waals surface area contributed by atoms with E-state index < -0.39 is 0 Å². The predicted molar refractivity (Wildman–Crippen MR) is 39.9 cm³/mol. The molecule has 0 spiro atoms. The number of nitrogens with one attached hydrogen (secondary N) is 1. The Balaban J connectivity index is 0.000000810. The molecule has 0 aliphatic heterocycles. The third kappa shape index (κ3) is 2.47. The topological polar surface area (TPSA) is 23.8 Å². The Labute approximate surface area is 73.8 Å². The fourth-order valence-corrected chi connectivity index (χ4v) is 0.975. The van der Waals surface area contributed by atoms with Gasteiger partial charge in [0.15, 0.2) is 0 Å². The Morgan fingerprint density at radius 3 is 1.70 bits per heavy atom. The molecule has 48 valence electrons. The van der Waals surface area contributed by atoms with Gasteiger partial charge in [-0.2, -0.15) is 0 Å². The van der Waals surface area contributed by atoms with Crippen molar-refractivity contribution in [3.63, 3.8) is 0 Å². The summed E-state index contributed by atoms with van der Waals surface area (Å²) in [4.78, 5) is 0.